The first kappa shape index (κ1) is 14.8. The Morgan fingerprint density at radius 1 is 1.32 bits per heavy atom. The topological polar surface area (TPSA) is 35.5 Å². The number of halogens is 1. The molecule has 106 valence electrons. The van der Waals surface area contributed by atoms with Crippen LogP contribution >= 0.6 is 11.6 Å². The van der Waals surface area contributed by atoms with Crippen LogP contribution in [0.2, 0.25) is 5.02 Å². The number of aliphatic hydroxyl groups excluding tert-OH is 1. The molecule has 2 rings (SSSR count). The van der Waals surface area contributed by atoms with Gasteiger partial charge in [0.25, 0.3) is 0 Å². The van der Waals surface area contributed by atoms with Crippen LogP contribution in [-0.4, -0.2) is 42.3 Å². The lowest BCUT2D eigenvalue weighted by molar-refractivity contribution is 0.121. The molecule has 1 heterocycles. The number of β-amino-alcohol motifs (C(OH)–C–C–N with tert-alkyl or cyclic N) is 1. The van der Waals surface area contributed by atoms with Gasteiger partial charge in [0.2, 0.25) is 0 Å². The van der Waals surface area contributed by atoms with E-state index in [1.807, 2.05) is 24.3 Å². The highest BCUT2D eigenvalue weighted by atomic mass is 35.5. The van der Waals surface area contributed by atoms with Crippen molar-refractivity contribution in [2.45, 2.75) is 31.9 Å². The van der Waals surface area contributed by atoms with Gasteiger partial charge in [-0.25, -0.2) is 0 Å². The van der Waals surface area contributed by atoms with E-state index < -0.39 is 0 Å². The first-order valence-electron chi connectivity index (χ1n) is 7.05. The summed E-state index contributed by atoms with van der Waals surface area (Å²) in [5, 5.41) is 14.2. The quantitative estimate of drug-likeness (QED) is 0.841. The molecule has 1 unspecified atom stereocenters. The van der Waals surface area contributed by atoms with Gasteiger partial charge in [0.05, 0.1) is 6.10 Å². The molecule has 4 heteroatoms. The molecule has 1 fully saturated rings. The Balaban J connectivity index is 1.76. The van der Waals surface area contributed by atoms with E-state index in [2.05, 4.69) is 17.1 Å². The highest BCUT2D eigenvalue weighted by molar-refractivity contribution is 6.31. The average Bonchev–Trinajstić information content (AvgIpc) is 2.89. The first-order chi connectivity index (χ1) is 9.16. The summed E-state index contributed by atoms with van der Waals surface area (Å²) in [6.45, 7) is 5.68. The Morgan fingerprint density at radius 3 is 2.68 bits per heavy atom. The van der Waals surface area contributed by atoms with E-state index in [1.54, 1.807) is 0 Å². The van der Waals surface area contributed by atoms with Gasteiger partial charge < -0.3 is 15.3 Å². The number of likely N-dealkylation sites (tertiary alicyclic amines) is 1. The largest absolute Gasteiger partial charge is 0.390 e. The zero-order valence-electron chi connectivity index (χ0n) is 11.5. The number of rotatable bonds is 6. The second kappa shape index (κ2) is 7.25. The van der Waals surface area contributed by atoms with Gasteiger partial charge >= 0.3 is 0 Å². The lowest BCUT2D eigenvalue weighted by Gasteiger charge is -2.22. The van der Waals surface area contributed by atoms with Crippen molar-refractivity contribution in [3.8, 4) is 0 Å². The van der Waals surface area contributed by atoms with Crippen molar-refractivity contribution < 1.29 is 5.11 Å². The van der Waals surface area contributed by atoms with Crippen molar-refractivity contribution in [3.05, 3.63) is 34.9 Å². The molecule has 2 N–H and O–H groups in total. The van der Waals surface area contributed by atoms with E-state index in [1.165, 1.54) is 12.8 Å². The zero-order chi connectivity index (χ0) is 13.7. The van der Waals surface area contributed by atoms with Gasteiger partial charge in [-0.3, -0.25) is 0 Å². The molecule has 1 aliphatic rings. The van der Waals surface area contributed by atoms with Crippen molar-refractivity contribution in [2.24, 2.45) is 0 Å². The Kier molecular flexibility index (Phi) is 5.64. The minimum Gasteiger partial charge on any atom is -0.390 e. The standard InChI is InChI=1S/C15H23ClN2O/c1-12(14-6-2-3-7-15(14)16)17-10-13(19)11-18-8-4-5-9-18/h2-3,6-7,12-13,17,19H,4-5,8-11H2,1H3/t12-,13?/m1/s1. The van der Waals surface area contributed by atoms with Crippen LogP contribution in [0.25, 0.3) is 0 Å². The van der Waals surface area contributed by atoms with Crippen molar-refractivity contribution in [1.82, 2.24) is 10.2 Å². The van der Waals surface area contributed by atoms with Crippen LogP contribution in [0.5, 0.6) is 0 Å². The van der Waals surface area contributed by atoms with Gasteiger partial charge in [0.1, 0.15) is 0 Å². The van der Waals surface area contributed by atoms with Gasteiger partial charge in [-0.1, -0.05) is 29.8 Å². The van der Waals surface area contributed by atoms with Crippen molar-refractivity contribution in [2.75, 3.05) is 26.2 Å². The van der Waals surface area contributed by atoms with Crippen LogP contribution in [0.1, 0.15) is 31.4 Å². The molecule has 1 saturated heterocycles. The van der Waals surface area contributed by atoms with E-state index in [0.29, 0.717) is 6.54 Å². The number of aliphatic hydroxyl groups is 1. The molecule has 0 bridgehead atoms. The van der Waals surface area contributed by atoms with Crippen molar-refractivity contribution >= 4 is 11.6 Å². The Hall–Kier alpha value is -0.610. The van der Waals surface area contributed by atoms with Crippen LogP contribution in [0.15, 0.2) is 24.3 Å². The first-order valence-corrected chi connectivity index (χ1v) is 7.43. The summed E-state index contributed by atoms with van der Waals surface area (Å²) in [7, 11) is 0. The van der Waals surface area contributed by atoms with E-state index >= 15 is 0 Å². The summed E-state index contributed by atoms with van der Waals surface area (Å²) >= 11 is 6.16. The Labute approximate surface area is 120 Å². The van der Waals surface area contributed by atoms with Crippen molar-refractivity contribution in [1.29, 1.82) is 0 Å². The fourth-order valence-corrected chi connectivity index (χ4v) is 2.88. The molecule has 0 spiro atoms. The van der Waals surface area contributed by atoms with Gasteiger partial charge in [0.15, 0.2) is 0 Å². The third-order valence-corrected chi connectivity index (χ3v) is 4.04. The highest BCUT2D eigenvalue weighted by Gasteiger charge is 2.16. The number of nitrogens with one attached hydrogen (secondary N) is 1. The molecular weight excluding hydrogens is 260 g/mol. The number of hydrogen-bond acceptors (Lipinski definition) is 3. The van der Waals surface area contributed by atoms with Crippen LogP contribution in [0, 0.1) is 0 Å². The van der Waals surface area contributed by atoms with Gasteiger partial charge in [-0.15, -0.1) is 0 Å². The zero-order valence-corrected chi connectivity index (χ0v) is 12.2. The van der Waals surface area contributed by atoms with Gasteiger partial charge in [-0.05, 0) is 44.5 Å². The molecular formula is C15H23ClN2O. The smallest absolute Gasteiger partial charge is 0.0791 e. The van der Waals surface area contributed by atoms with Gasteiger partial charge in [0, 0.05) is 24.2 Å². The molecule has 1 aromatic carbocycles. The summed E-state index contributed by atoms with van der Waals surface area (Å²) in [6, 6.07) is 7.99. The third-order valence-electron chi connectivity index (χ3n) is 3.70. The van der Waals surface area contributed by atoms with Gasteiger partial charge in [-0.2, -0.15) is 0 Å². The van der Waals surface area contributed by atoms with Crippen molar-refractivity contribution in [3.63, 3.8) is 0 Å². The number of hydrogen-bond donors (Lipinski definition) is 2. The van der Waals surface area contributed by atoms with E-state index in [4.69, 9.17) is 11.6 Å². The predicted molar refractivity (Wildman–Crippen MR) is 79.6 cm³/mol. The maximum Gasteiger partial charge on any atom is 0.0791 e. The minimum absolute atomic E-state index is 0.155. The SMILES string of the molecule is C[C@@H](NCC(O)CN1CCCC1)c1ccccc1Cl. The Bertz CT molecular complexity index is 393. The number of nitrogens with zero attached hydrogens (tertiary/aromatic N) is 1. The maximum atomic E-state index is 10.0. The second-order valence-corrected chi connectivity index (χ2v) is 5.72. The van der Waals surface area contributed by atoms with E-state index in [9.17, 15) is 5.11 Å². The summed E-state index contributed by atoms with van der Waals surface area (Å²) < 4.78 is 0. The maximum absolute atomic E-state index is 10.0. The normalized spacial score (nSPS) is 19.5. The molecule has 0 radical (unpaired) electrons. The molecule has 0 amide bonds. The molecule has 0 saturated carbocycles. The fraction of sp³-hybridized carbons (Fsp3) is 0.600. The minimum atomic E-state index is -0.317. The molecule has 0 aromatic heterocycles. The summed E-state index contributed by atoms with van der Waals surface area (Å²) in [5.74, 6) is 0. The highest BCUT2D eigenvalue weighted by Crippen LogP contribution is 2.21. The van der Waals surface area contributed by atoms with Crippen LogP contribution < -0.4 is 5.32 Å². The van der Waals surface area contributed by atoms with Crippen LogP contribution in [0.3, 0.4) is 0 Å². The van der Waals surface area contributed by atoms with Crippen LogP contribution in [0.4, 0.5) is 0 Å². The lowest BCUT2D eigenvalue weighted by atomic mass is 10.1. The molecule has 1 aromatic rings. The predicted octanol–water partition coefficient (Wildman–Crippen LogP) is 2.45. The Morgan fingerprint density at radius 2 is 2.00 bits per heavy atom. The fourth-order valence-electron chi connectivity index (χ4n) is 2.58. The van der Waals surface area contributed by atoms with Crippen LogP contribution in [-0.2, 0) is 0 Å². The number of benzene rings is 1. The summed E-state index contributed by atoms with van der Waals surface area (Å²) in [6.07, 6.45) is 2.20. The molecule has 3 nitrogen and oxygen atoms in total. The monoisotopic (exact) mass is 282 g/mol. The third kappa shape index (κ3) is 4.46. The summed E-state index contributed by atoms with van der Waals surface area (Å²) in [5.41, 5.74) is 1.08. The molecule has 1 aliphatic heterocycles. The lowest BCUT2D eigenvalue weighted by Crippen LogP contribution is -2.37. The molecule has 0 aliphatic carbocycles. The molecule has 2 atom stereocenters. The summed E-state index contributed by atoms with van der Waals surface area (Å²) in [4.78, 5) is 2.33. The molecule has 19 heavy (non-hydrogen) atoms. The van der Waals surface area contributed by atoms with E-state index in [0.717, 1.165) is 30.2 Å². The second-order valence-electron chi connectivity index (χ2n) is 5.31. The average molecular weight is 283 g/mol. The van der Waals surface area contributed by atoms with E-state index in [-0.39, 0.29) is 12.1 Å².